The van der Waals surface area contributed by atoms with Crippen LogP contribution in [0.4, 0.5) is 0 Å². The zero-order valence-electron chi connectivity index (χ0n) is 6.59. The zero-order valence-corrected chi connectivity index (χ0v) is 6.59. The second kappa shape index (κ2) is 3.15. The summed E-state index contributed by atoms with van der Waals surface area (Å²) in [5, 5.41) is 8.56. The van der Waals surface area contributed by atoms with E-state index in [1.807, 2.05) is 28.1 Å². The Balaban J connectivity index is 3.47. The molecule has 0 heterocycles. The van der Waals surface area contributed by atoms with E-state index in [-0.39, 0.29) is 12.7 Å². The minimum Gasteiger partial charge on any atom is -0.393 e. The highest BCUT2D eigenvalue weighted by Gasteiger charge is 2.12. The molecule has 0 amide bonds. The molecule has 0 aliphatic rings. The average molecular weight is 134 g/mol. The van der Waals surface area contributed by atoms with Crippen molar-refractivity contribution in [3.05, 3.63) is 0 Å². The fourth-order valence-corrected chi connectivity index (χ4v) is 0.573. The van der Waals surface area contributed by atoms with Crippen molar-refractivity contribution in [3.8, 4) is 0 Å². The molecular weight excluding hydrogens is 118 g/mol. The standard InChI is InChI=1S/C6H16NO2/c1-6(5-8)9-7(2,3)4/h6,8H,5H2,1-4H3/q+1. The Labute approximate surface area is 56.4 Å². The molecule has 0 aromatic heterocycles. The third-order valence-corrected chi connectivity index (χ3v) is 0.753. The van der Waals surface area contributed by atoms with E-state index >= 15 is 0 Å². The van der Waals surface area contributed by atoms with Gasteiger partial charge in [-0.3, -0.25) is 0 Å². The van der Waals surface area contributed by atoms with E-state index in [1.165, 1.54) is 0 Å². The van der Waals surface area contributed by atoms with Crippen LogP contribution in [0, 0.1) is 0 Å². The molecule has 0 aliphatic carbocycles. The Kier molecular flexibility index (Phi) is 3.11. The fourth-order valence-electron chi connectivity index (χ4n) is 0.573. The lowest BCUT2D eigenvalue weighted by Gasteiger charge is -2.24. The summed E-state index contributed by atoms with van der Waals surface area (Å²) in [6, 6.07) is 0. The van der Waals surface area contributed by atoms with Gasteiger partial charge in [0.2, 0.25) is 0 Å². The third-order valence-electron chi connectivity index (χ3n) is 0.753. The second-order valence-corrected chi connectivity index (χ2v) is 2.99. The smallest absolute Gasteiger partial charge is 0.137 e. The highest BCUT2D eigenvalue weighted by molar-refractivity contribution is 4.37. The van der Waals surface area contributed by atoms with Crippen LogP contribution in [0.15, 0.2) is 0 Å². The monoisotopic (exact) mass is 134 g/mol. The van der Waals surface area contributed by atoms with Crippen molar-refractivity contribution in [2.75, 3.05) is 27.7 Å². The normalized spacial score (nSPS) is 15.7. The molecule has 0 spiro atoms. The maximum Gasteiger partial charge on any atom is 0.137 e. The molecule has 0 rings (SSSR count). The van der Waals surface area contributed by atoms with Crippen molar-refractivity contribution in [3.63, 3.8) is 0 Å². The maximum absolute atomic E-state index is 8.56. The minimum absolute atomic E-state index is 0.0787. The molecule has 56 valence electrons. The second-order valence-electron chi connectivity index (χ2n) is 2.99. The average Bonchev–Trinajstić information content (AvgIpc) is 1.62. The van der Waals surface area contributed by atoms with Gasteiger partial charge in [-0.25, -0.2) is 0 Å². The van der Waals surface area contributed by atoms with Crippen molar-refractivity contribution >= 4 is 0 Å². The van der Waals surface area contributed by atoms with Gasteiger partial charge in [0.05, 0.1) is 27.7 Å². The van der Waals surface area contributed by atoms with Gasteiger partial charge < -0.3 is 5.11 Å². The number of hydroxylamine groups is 3. The van der Waals surface area contributed by atoms with E-state index in [0.29, 0.717) is 4.65 Å². The molecule has 3 heteroatoms. The van der Waals surface area contributed by atoms with Crippen LogP contribution in [-0.4, -0.2) is 43.6 Å². The summed E-state index contributed by atoms with van der Waals surface area (Å²) in [4.78, 5) is 5.27. The summed E-state index contributed by atoms with van der Waals surface area (Å²) >= 11 is 0. The molecule has 1 unspecified atom stereocenters. The number of quaternary nitrogens is 1. The molecule has 1 atom stereocenters. The van der Waals surface area contributed by atoms with Crippen LogP contribution in [-0.2, 0) is 4.84 Å². The molecule has 0 bridgehead atoms. The van der Waals surface area contributed by atoms with Gasteiger partial charge >= 0.3 is 0 Å². The van der Waals surface area contributed by atoms with Crippen molar-refractivity contribution in [2.45, 2.75) is 13.0 Å². The number of hydrogen-bond donors (Lipinski definition) is 1. The van der Waals surface area contributed by atoms with Gasteiger partial charge in [-0.2, -0.15) is 9.48 Å². The van der Waals surface area contributed by atoms with Gasteiger partial charge in [-0.05, 0) is 6.92 Å². The number of nitrogens with zero attached hydrogens (tertiary/aromatic N) is 1. The molecule has 9 heavy (non-hydrogen) atoms. The van der Waals surface area contributed by atoms with Gasteiger partial charge in [-0.1, -0.05) is 0 Å². The van der Waals surface area contributed by atoms with Crippen molar-refractivity contribution in [1.29, 1.82) is 0 Å². The van der Waals surface area contributed by atoms with Crippen LogP contribution in [0.2, 0.25) is 0 Å². The van der Waals surface area contributed by atoms with Crippen molar-refractivity contribution < 1.29 is 14.6 Å². The van der Waals surface area contributed by atoms with E-state index in [9.17, 15) is 0 Å². The Morgan fingerprint density at radius 1 is 1.44 bits per heavy atom. The van der Waals surface area contributed by atoms with Gasteiger partial charge in [0, 0.05) is 0 Å². The molecule has 0 aromatic rings. The van der Waals surface area contributed by atoms with Crippen LogP contribution in [0.5, 0.6) is 0 Å². The van der Waals surface area contributed by atoms with Crippen molar-refractivity contribution in [2.24, 2.45) is 0 Å². The Morgan fingerprint density at radius 3 is 2.00 bits per heavy atom. The molecule has 3 nitrogen and oxygen atoms in total. The van der Waals surface area contributed by atoms with Gasteiger partial charge in [0.15, 0.2) is 0 Å². The number of aliphatic hydroxyl groups is 1. The summed E-state index contributed by atoms with van der Waals surface area (Å²) in [5.41, 5.74) is 0. The van der Waals surface area contributed by atoms with E-state index in [0.717, 1.165) is 0 Å². The minimum atomic E-state index is -0.0787. The Morgan fingerprint density at radius 2 is 1.89 bits per heavy atom. The lowest BCUT2D eigenvalue weighted by Crippen LogP contribution is -2.39. The molecular formula is C6H16NO2+. The SMILES string of the molecule is CC(CO)O[N+](C)(C)C. The molecule has 1 N–H and O–H groups in total. The van der Waals surface area contributed by atoms with Crippen LogP contribution in [0.25, 0.3) is 0 Å². The van der Waals surface area contributed by atoms with E-state index in [1.54, 1.807) is 0 Å². The summed E-state index contributed by atoms with van der Waals surface area (Å²) in [7, 11) is 5.73. The first-order valence-electron chi connectivity index (χ1n) is 3.06. The Hall–Kier alpha value is -0.120. The van der Waals surface area contributed by atoms with E-state index < -0.39 is 0 Å². The largest absolute Gasteiger partial charge is 0.393 e. The number of rotatable bonds is 3. The van der Waals surface area contributed by atoms with Crippen LogP contribution >= 0.6 is 0 Å². The number of aliphatic hydroxyl groups excluding tert-OH is 1. The molecule has 0 radical (unpaired) electrons. The molecule has 0 saturated carbocycles. The zero-order chi connectivity index (χ0) is 7.49. The predicted molar refractivity (Wildman–Crippen MR) is 35.7 cm³/mol. The van der Waals surface area contributed by atoms with Crippen LogP contribution in [0.1, 0.15) is 6.92 Å². The van der Waals surface area contributed by atoms with Gasteiger partial charge in [0.1, 0.15) is 6.10 Å². The van der Waals surface area contributed by atoms with E-state index in [4.69, 9.17) is 9.94 Å². The summed E-state index contributed by atoms with van der Waals surface area (Å²) < 4.78 is 0.432. The van der Waals surface area contributed by atoms with Gasteiger partial charge in [-0.15, -0.1) is 0 Å². The summed E-state index contributed by atoms with van der Waals surface area (Å²) in [6.45, 7) is 1.92. The number of hydrogen-bond acceptors (Lipinski definition) is 2. The van der Waals surface area contributed by atoms with Gasteiger partial charge in [0.25, 0.3) is 0 Å². The maximum atomic E-state index is 8.56. The first kappa shape index (κ1) is 8.88. The third kappa shape index (κ3) is 5.76. The lowest BCUT2D eigenvalue weighted by atomic mass is 10.4. The molecule has 0 fully saturated rings. The molecule has 0 saturated heterocycles. The first-order chi connectivity index (χ1) is 3.95. The van der Waals surface area contributed by atoms with E-state index in [2.05, 4.69) is 0 Å². The lowest BCUT2D eigenvalue weighted by molar-refractivity contribution is -1.07. The topological polar surface area (TPSA) is 29.5 Å². The summed E-state index contributed by atoms with van der Waals surface area (Å²) in [6.07, 6.45) is -0.0787. The van der Waals surface area contributed by atoms with Crippen LogP contribution in [0.3, 0.4) is 0 Å². The van der Waals surface area contributed by atoms with Crippen molar-refractivity contribution in [1.82, 2.24) is 0 Å². The molecule has 0 aliphatic heterocycles. The predicted octanol–water partition coefficient (Wildman–Crippen LogP) is 0.00500. The Bertz CT molecular complexity index is 77.6. The van der Waals surface area contributed by atoms with Crippen LogP contribution < -0.4 is 0 Å². The highest BCUT2D eigenvalue weighted by atomic mass is 16.7. The quantitative estimate of drug-likeness (QED) is 0.435. The molecule has 0 aromatic carbocycles. The summed E-state index contributed by atoms with van der Waals surface area (Å²) in [5.74, 6) is 0. The first-order valence-corrected chi connectivity index (χ1v) is 3.06. The highest BCUT2D eigenvalue weighted by Crippen LogP contribution is 1.97. The fraction of sp³-hybridized carbons (Fsp3) is 1.00.